The lowest BCUT2D eigenvalue weighted by Crippen LogP contribution is -2.37. The summed E-state index contributed by atoms with van der Waals surface area (Å²) < 4.78 is 20.7. The van der Waals surface area contributed by atoms with Crippen molar-refractivity contribution in [3.63, 3.8) is 0 Å². The molecular weight excluding hydrogens is 353 g/mol. The van der Waals surface area contributed by atoms with Crippen LogP contribution < -0.4 is 11.2 Å². The van der Waals surface area contributed by atoms with Crippen molar-refractivity contribution in [3.05, 3.63) is 37.5 Å². The molecule has 4 atom stereocenters. The van der Waals surface area contributed by atoms with Gasteiger partial charge in [0.2, 0.25) is 0 Å². The summed E-state index contributed by atoms with van der Waals surface area (Å²) >= 11 is 0. The van der Waals surface area contributed by atoms with E-state index in [2.05, 4.69) is 14.5 Å². The number of ether oxygens (including phenoxy) is 1. The molecule has 1 aromatic rings. The summed E-state index contributed by atoms with van der Waals surface area (Å²) in [6.07, 6.45) is -5.38. The van der Waals surface area contributed by atoms with Gasteiger partial charge in [-0.1, -0.05) is 5.11 Å². The zero-order chi connectivity index (χ0) is 18.1. The van der Waals surface area contributed by atoms with Gasteiger partial charge in [-0.25, -0.2) is 9.36 Å². The minimum atomic E-state index is -4.83. The molecule has 15 heteroatoms. The van der Waals surface area contributed by atoms with E-state index < -0.39 is 55.9 Å². The maximum Gasteiger partial charge on any atom is 0.469 e. The Bertz CT molecular complexity index is 823. The molecule has 0 bridgehead atoms. The first-order valence-corrected chi connectivity index (χ1v) is 7.79. The maximum atomic E-state index is 11.8. The summed E-state index contributed by atoms with van der Waals surface area (Å²) in [6.45, 7) is -0.764. The molecule has 0 amide bonds. The fourth-order valence-electron chi connectivity index (χ4n) is 2.05. The average molecular weight is 365 g/mol. The van der Waals surface area contributed by atoms with E-state index in [-0.39, 0.29) is 0 Å². The molecule has 5 N–H and O–H groups in total. The van der Waals surface area contributed by atoms with E-state index in [0.29, 0.717) is 4.57 Å². The Labute approximate surface area is 131 Å². The van der Waals surface area contributed by atoms with Crippen molar-refractivity contribution in [2.75, 3.05) is 6.61 Å². The molecule has 1 saturated heterocycles. The number of rotatable bonds is 5. The molecule has 1 aromatic heterocycles. The minimum absolute atomic E-state index is 0.489. The van der Waals surface area contributed by atoms with Gasteiger partial charge in [0, 0.05) is 11.1 Å². The van der Waals surface area contributed by atoms with E-state index in [1.54, 1.807) is 0 Å². The fraction of sp³-hybridized carbons (Fsp3) is 0.556. The Morgan fingerprint density at radius 1 is 1.42 bits per heavy atom. The number of azide groups is 1. The summed E-state index contributed by atoms with van der Waals surface area (Å²) in [6, 6.07) is 0. The van der Waals surface area contributed by atoms with Gasteiger partial charge in [-0.2, -0.15) is 0 Å². The molecule has 1 aliphatic heterocycles. The molecule has 0 aromatic carbocycles. The SMILES string of the molecule is [N-]=[N+]=Nc1cn([C@@H]2O[C@H](COP(=O)(O)O)[C@@H](O)[C@H]2O)c(=O)[nH]c1=O. The number of aromatic amines is 1. The van der Waals surface area contributed by atoms with E-state index in [4.69, 9.17) is 20.1 Å². The quantitative estimate of drug-likeness (QED) is 0.172. The second-order valence-electron chi connectivity index (χ2n) is 4.70. The van der Waals surface area contributed by atoms with Gasteiger partial charge in [0.25, 0.3) is 5.56 Å². The van der Waals surface area contributed by atoms with Crippen molar-refractivity contribution in [1.29, 1.82) is 0 Å². The summed E-state index contributed by atoms with van der Waals surface area (Å²) in [4.78, 5) is 44.7. The molecule has 132 valence electrons. The second kappa shape index (κ2) is 6.84. The van der Waals surface area contributed by atoms with Gasteiger partial charge >= 0.3 is 13.5 Å². The van der Waals surface area contributed by atoms with Crippen LogP contribution in [-0.4, -0.2) is 54.5 Å². The number of hydrogen-bond donors (Lipinski definition) is 5. The van der Waals surface area contributed by atoms with Gasteiger partial charge in [-0.3, -0.25) is 18.9 Å². The number of H-pyrrole nitrogens is 1. The van der Waals surface area contributed by atoms with Crippen LogP contribution in [0.5, 0.6) is 0 Å². The number of phosphoric acid groups is 1. The molecular formula is C9H12N5O9P. The van der Waals surface area contributed by atoms with Crippen LogP contribution in [0.4, 0.5) is 5.69 Å². The number of aliphatic hydroxyl groups is 2. The van der Waals surface area contributed by atoms with Crippen molar-refractivity contribution >= 4 is 13.5 Å². The van der Waals surface area contributed by atoms with Crippen molar-refractivity contribution in [2.24, 2.45) is 5.11 Å². The van der Waals surface area contributed by atoms with Gasteiger partial charge in [-0.05, 0) is 5.53 Å². The summed E-state index contributed by atoms with van der Waals surface area (Å²) in [5, 5.41) is 22.8. The Morgan fingerprint density at radius 3 is 2.67 bits per heavy atom. The molecule has 0 spiro atoms. The lowest BCUT2D eigenvalue weighted by atomic mass is 10.1. The van der Waals surface area contributed by atoms with Crippen molar-refractivity contribution in [3.8, 4) is 0 Å². The van der Waals surface area contributed by atoms with Crippen LogP contribution in [0, 0.1) is 0 Å². The smallest absolute Gasteiger partial charge is 0.387 e. The number of nitrogens with one attached hydrogen (secondary N) is 1. The third kappa shape index (κ3) is 3.90. The van der Waals surface area contributed by atoms with Crippen LogP contribution in [-0.2, 0) is 13.8 Å². The number of nitrogens with zero attached hydrogens (tertiary/aromatic N) is 4. The topological polar surface area (TPSA) is 220 Å². The normalized spacial score (nSPS) is 27.0. The van der Waals surface area contributed by atoms with Crippen LogP contribution in [0.2, 0.25) is 0 Å². The average Bonchev–Trinajstić information content (AvgIpc) is 2.75. The number of phosphoric ester groups is 1. The molecule has 0 aliphatic carbocycles. The number of hydrogen-bond acceptors (Lipinski definition) is 8. The Hall–Kier alpha value is -2.02. The maximum absolute atomic E-state index is 11.8. The highest BCUT2D eigenvalue weighted by Crippen LogP contribution is 2.38. The summed E-state index contributed by atoms with van der Waals surface area (Å²) in [5.41, 5.74) is 5.88. The highest BCUT2D eigenvalue weighted by Gasteiger charge is 2.45. The van der Waals surface area contributed by atoms with E-state index in [1.807, 2.05) is 4.98 Å². The van der Waals surface area contributed by atoms with Gasteiger partial charge in [0.15, 0.2) is 6.23 Å². The van der Waals surface area contributed by atoms with Gasteiger partial charge in [0.05, 0.1) is 6.61 Å². The lowest BCUT2D eigenvalue weighted by Gasteiger charge is -2.17. The molecule has 14 nitrogen and oxygen atoms in total. The van der Waals surface area contributed by atoms with Crippen molar-refractivity contribution in [2.45, 2.75) is 24.5 Å². The standard InChI is InChI=1S/C9H12N5O9P/c10-13-12-3-1-14(9(18)11-7(3)17)8-6(16)5(15)4(23-8)2-22-24(19,20)21/h1,4-6,8,15-16H,2H2,(H,11,17,18)(H2,19,20,21)/t4-,5-,6-,8-/m1/s1. The zero-order valence-electron chi connectivity index (χ0n) is 11.7. The Balaban J connectivity index is 2.31. The first-order chi connectivity index (χ1) is 11.1. The Kier molecular flexibility index (Phi) is 5.22. The van der Waals surface area contributed by atoms with Crippen LogP contribution in [0.3, 0.4) is 0 Å². The van der Waals surface area contributed by atoms with E-state index in [0.717, 1.165) is 6.20 Å². The van der Waals surface area contributed by atoms with E-state index in [1.165, 1.54) is 0 Å². The van der Waals surface area contributed by atoms with E-state index in [9.17, 15) is 24.4 Å². The third-order valence-corrected chi connectivity index (χ3v) is 3.61. The first kappa shape index (κ1) is 18.3. The lowest BCUT2D eigenvalue weighted by molar-refractivity contribution is -0.0542. The predicted octanol–water partition coefficient (Wildman–Crippen LogP) is -1.79. The molecule has 2 heterocycles. The highest BCUT2D eigenvalue weighted by molar-refractivity contribution is 7.46. The van der Waals surface area contributed by atoms with Crippen molar-refractivity contribution < 1.29 is 33.8 Å². The monoisotopic (exact) mass is 365 g/mol. The molecule has 2 rings (SSSR count). The highest BCUT2D eigenvalue weighted by atomic mass is 31.2. The van der Waals surface area contributed by atoms with Gasteiger partial charge in [0.1, 0.15) is 24.0 Å². The van der Waals surface area contributed by atoms with Gasteiger partial charge in [-0.15, -0.1) is 0 Å². The zero-order valence-corrected chi connectivity index (χ0v) is 12.6. The van der Waals surface area contributed by atoms with Gasteiger partial charge < -0.3 is 24.7 Å². The first-order valence-electron chi connectivity index (χ1n) is 6.26. The molecule has 1 fully saturated rings. The minimum Gasteiger partial charge on any atom is -0.387 e. The number of aliphatic hydroxyl groups excluding tert-OH is 2. The fourth-order valence-corrected chi connectivity index (χ4v) is 2.39. The second-order valence-corrected chi connectivity index (χ2v) is 5.94. The van der Waals surface area contributed by atoms with E-state index >= 15 is 0 Å². The molecule has 0 saturated carbocycles. The predicted molar refractivity (Wildman–Crippen MR) is 74.0 cm³/mol. The summed E-state index contributed by atoms with van der Waals surface area (Å²) in [5.74, 6) is 0. The molecule has 1 aliphatic rings. The van der Waals surface area contributed by atoms with Crippen LogP contribution in [0.25, 0.3) is 10.4 Å². The molecule has 0 unspecified atom stereocenters. The molecule has 24 heavy (non-hydrogen) atoms. The number of aromatic nitrogens is 2. The largest absolute Gasteiger partial charge is 0.469 e. The van der Waals surface area contributed by atoms with Crippen LogP contribution in [0.1, 0.15) is 6.23 Å². The van der Waals surface area contributed by atoms with Crippen LogP contribution in [0.15, 0.2) is 20.9 Å². The Morgan fingerprint density at radius 2 is 2.08 bits per heavy atom. The van der Waals surface area contributed by atoms with Crippen molar-refractivity contribution in [1.82, 2.24) is 9.55 Å². The summed E-state index contributed by atoms with van der Waals surface area (Å²) in [7, 11) is -4.83. The molecule has 0 radical (unpaired) electrons. The third-order valence-electron chi connectivity index (χ3n) is 3.12. The van der Waals surface area contributed by atoms with Crippen LogP contribution >= 0.6 is 7.82 Å².